The van der Waals surface area contributed by atoms with Crippen LogP contribution in [-0.2, 0) is 4.74 Å². The van der Waals surface area contributed by atoms with Gasteiger partial charge in [-0.05, 0) is 57.9 Å². The molecule has 1 aromatic rings. The number of nitrogens with zero attached hydrogens (tertiary/aromatic N) is 3. The Morgan fingerprint density at radius 3 is 2.28 bits per heavy atom. The number of ether oxygens (including phenoxy) is 2. The van der Waals surface area contributed by atoms with Gasteiger partial charge in [-0.3, -0.25) is 4.99 Å². The van der Waals surface area contributed by atoms with Gasteiger partial charge in [0.2, 0.25) is 0 Å². The predicted octanol–water partition coefficient (Wildman–Crippen LogP) is 3.47. The van der Waals surface area contributed by atoms with Crippen molar-refractivity contribution in [3.8, 4) is 5.75 Å². The van der Waals surface area contributed by atoms with Crippen molar-refractivity contribution < 1.29 is 18.7 Å². The molecule has 0 radical (unpaired) electrons. The lowest BCUT2D eigenvalue weighted by Gasteiger charge is -2.36. The quantitative estimate of drug-likeness (QED) is 0.268. The van der Waals surface area contributed by atoms with Crippen LogP contribution in [0.15, 0.2) is 29.3 Å². The highest BCUT2D eigenvalue weighted by atomic mass is 127. The van der Waals surface area contributed by atoms with Gasteiger partial charge < -0.3 is 25.0 Å². The number of benzene rings is 1. The Kier molecular flexibility index (Phi) is 10.5. The van der Waals surface area contributed by atoms with Crippen LogP contribution in [0.3, 0.4) is 0 Å². The van der Waals surface area contributed by atoms with Crippen LogP contribution in [0.25, 0.3) is 0 Å². The van der Waals surface area contributed by atoms with E-state index in [9.17, 15) is 9.18 Å². The summed E-state index contributed by atoms with van der Waals surface area (Å²) in [5, 5.41) is 0. The van der Waals surface area contributed by atoms with E-state index in [1.807, 2.05) is 25.7 Å². The molecule has 164 valence electrons. The van der Waals surface area contributed by atoms with E-state index in [-0.39, 0.29) is 35.9 Å². The number of hydrogen-bond acceptors (Lipinski definition) is 4. The van der Waals surface area contributed by atoms with E-state index in [1.54, 1.807) is 17.0 Å². The summed E-state index contributed by atoms with van der Waals surface area (Å²) in [6.07, 6.45) is 1.39. The molecule has 1 aromatic carbocycles. The number of unbranched alkanes of at least 4 members (excludes halogenated alkanes) is 1. The molecule has 1 aliphatic rings. The van der Waals surface area contributed by atoms with Crippen molar-refractivity contribution in [3.05, 3.63) is 30.1 Å². The largest absolute Gasteiger partial charge is 0.494 e. The third-order valence-electron chi connectivity index (χ3n) is 4.16. The van der Waals surface area contributed by atoms with Crippen molar-refractivity contribution >= 4 is 36.0 Å². The Bertz CT molecular complexity index is 657. The average Bonchev–Trinajstić information content (AvgIpc) is 2.64. The maximum atomic E-state index is 12.8. The molecule has 1 heterocycles. The normalized spacial score (nSPS) is 15.0. The summed E-state index contributed by atoms with van der Waals surface area (Å²) < 4.78 is 23.8. The van der Waals surface area contributed by atoms with Crippen molar-refractivity contribution in [1.82, 2.24) is 9.80 Å². The molecule has 1 saturated heterocycles. The molecule has 2 N–H and O–H groups in total. The van der Waals surface area contributed by atoms with Gasteiger partial charge in [0.05, 0.1) is 6.61 Å². The number of amides is 1. The van der Waals surface area contributed by atoms with Crippen LogP contribution in [0.4, 0.5) is 9.18 Å². The van der Waals surface area contributed by atoms with E-state index >= 15 is 0 Å². The molecular weight excluding hydrogens is 490 g/mol. The van der Waals surface area contributed by atoms with Gasteiger partial charge in [0.25, 0.3) is 0 Å². The first-order valence-electron chi connectivity index (χ1n) is 9.66. The zero-order valence-corrected chi connectivity index (χ0v) is 19.7. The first kappa shape index (κ1) is 25.3. The van der Waals surface area contributed by atoms with Gasteiger partial charge in [-0.1, -0.05) is 0 Å². The molecule has 0 aromatic heterocycles. The fourth-order valence-electron chi connectivity index (χ4n) is 2.67. The van der Waals surface area contributed by atoms with Crippen LogP contribution in [0.2, 0.25) is 0 Å². The van der Waals surface area contributed by atoms with Crippen molar-refractivity contribution in [2.24, 2.45) is 10.7 Å². The number of aliphatic imine (C=N–C) groups is 1. The van der Waals surface area contributed by atoms with E-state index in [2.05, 4.69) is 4.99 Å². The minimum Gasteiger partial charge on any atom is -0.494 e. The van der Waals surface area contributed by atoms with Crippen molar-refractivity contribution in [2.75, 3.05) is 39.3 Å². The molecule has 0 unspecified atom stereocenters. The second-order valence-corrected chi connectivity index (χ2v) is 7.70. The molecule has 0 spiro atoms. The molecule has 1 fully saturated rings. The third-order valence-corrected chi connectivity index (χ3v) is 4.16. The van der Waals surface area contributed by atoms with E-state index < -0.39 is 5.60 Å². The van der Waals surface area contributed by atoms with Crippen LogP contribution < -0.4 is 10.5 Å². The first-order chi connectivity index (χ1) is 13.2. The molecule has 0 atom stereocenters. The molecule has 0 saturated carbocycles. The molecule has 1 aliphatic heterocycles. The number of hydrogen-bond donors (Lipinski definition) is 1. The second-order valence-electron chi connectivity index (χ2n) is 7.70. The molecule has 7 nitrogen and oxygen atoms in total. The lowest BCUT2D eigenvalue weighted by Crippen LogP contribution is -2.53. The standard InChI is InChI=1S/C20H31FN4O3.HI/c1-20(2,3)28-19(26)25-13-11-24(12-14-25)18(22)23-10-4-5-15-27-17-8-6-16(21)7-9-17;/h6-9H,4-5,10-15H2,1-3H3,(H2,22,23);1H. The first-order valence-corrected chi connectivity index (χ1v) is 9.66. The zero-order valence-electron chi connectivity index (χ0n) is 17.4. The second kappa shape index (κ2) is 12.0. The number of halogens is 2. The lowest BCUT2D eigenvalue weighted by atomic mass is 10.2. The van der Waals surface area contributed by atoms with Crippen molar-refractivity contribution in [1.29, 1.82) is 0 Å². The summed E-state index contributed by atoms with van der Waals surface area (Å²) in [5.74, 6) is 0.889. The lowest BCUT2D eigenvalue weighted by molar-refractivity contribution is 0.0186. The topological polar surface area (TPSA) is 80.4 Å². The maximum absolute atomic E-state index is 12.8. The molecule has 29 heavy (non-hydrogen) atoms. The number of carbonyl (C=O) groups is 1. The van der Waals surface area contributed by atoms with Gasteiger partial charge >= 0.3 is 6.09 Å². The monoisotopic (exact) mass is 522 g/mol. The minimum atomic E-state index is -0.491. The van der Waals surface area contributed by atoms with E-state index in [0.717, 1.165) is 12.8 Å². The van der Waals surface area contributed by atoms with Crippen LogP contribution in [0.1, 0.15) is 33.6 Å². The highest BCUT2D eigenvalue weighted by Gasteiger charge is 2.26. The summed E-state index contributed by atoms with van der Waals surface area (Å²) >= 11 is 0. The Morgan fingerprint density at radius 1 is 1.10 bits per heavy atom. The zero-order chi connectivity index (χ0) is 20.6. The molecule has 0 bridgehead atoms. The molecule has 9 heteroatoms. The van der Waals surface area contributed by atoms with Crippen LogP contribution >= 0.6 is 24.0 Å². The molecule has 0 aliphatic carbocycles. The van der Waals surface area contributed by atoms with E-state index in [0.29, 0.717) is 51.0 Å². The number of rotatable bonds is 6. The van der Waals surface area contributed by atoms with Crippen molar-refractivity contribution in [3.63, 3.8) is 0 Å². The predicted molar refractivity (Wildman–Crippen MR) is 122 cm³/mol. The molecular formula is C20H32FIN4O3. The van der Waals surface area contributed by atoms with Gasteiger partial charge in [0, 0.05) is 32.7 Å². The minimum absolute atomic E-state index is 0. The van der Waals surface area contributed by atoms with Crippen LogP contribution in [0.5, 0.6) is 5.75 Å². The Balaban J connectivity index is 0.00000420. The number of nitrogens with two attached hydrogens (primary N) is 1. The van der Waals surface area contributed by atoms with Gasteiger partial charge in [0.15, 0.2) is 5.96 Å². The number of carbonyl (C=O) groups excluding carboxylic acids is 1. The SMILES string of the molecule is CC(C)(C)OC(=O)N1CCN(C(N)=NCCCCOc2ccc(F)cc2)CC1.I. The van der Waals surface area contributed by atoms with E-state index in [1.165, 1.54) is 12.1 Å². The molecule has 1 amide bonds. The Hall–Kier alpha value is -1.78. The Labute approximate surface area is 189 Å². The maximum Gasteiger partial charge on any atom is 0.410 e. The summed E-state index contributed by atoms with van der Waals surface area (Å²) in [7, 11) is 0. The summed E-state index contributed by atoms with van der Waals surface area (Å²) in [5.41, 5.74) is 5.58. The summed E-state index contributed by atoms with van der Waals surface area (Å²) in [4.78, 5) is 20.2. The molecule has 2 rings (SSSR count). The van der Waals surface area contributed by atoms with E-state index in [4.69, 9.17) is 15.2 Å². The number of guanidine groups is 1. The van der Waals surface area contributed by atoms with Gasteiger partial charge in [-0.2, -0.15) is 0 Å². The highest BCUT2D eigenvalue weighted by Crippen LogP contribution is 2.13. The van der Waals surface area contributed by atoms with Crippen molar-refractivity contribution in [2.45, 2.75) is 39.2 Å². The third kappa shape index (κ3) is 9.51. The summed E-state index contributed by atoms with van der Waals surface area (Å²) in [6, 6.07) is 5.98. The van der Waals surface area contributed by atoms with Gasteiger partial charge in [-0.15, -0.1) is 24.0 Å². The van der Waals surface area contributed by atoms with Crippen LogP contribution in [-0.4, -0.2) is 66.8 Å². The number of piperazine rings is 1. The average molecular weight is 522 g/mol. The van der Waals surface area contributed by atoms with Gasteiger partial charge in [0.1, 0.15) is 17.2 Å². The summed E-state index contributed by atoms with van der Waals surface area (Å²) in [6.45, 7) is 9.15. The fourth-order valence-corrected chi connectivity index (χ4v) is 2.67. The highest BCUT2D eigenvalue weighted by molar-refractivity contribution is 14.0. The Morgan fingerprint density at radius 2 is 1.69 bits per heavy atom. The van der Waals surface area contributed by atoms with Gasteiger partial charge in [-0.25, -0.2) is 9.18 Å². The fraction of sp³-hybridized carbons (Fsp3) is 0.600. The van der Waals surface area contributed by atoms with Crippen LogP contribution in [0, 0.1) is 5.82 Å². The smallest absolute Gasteiger partial charge is 0.410 e.